The van der Waals surface area contributed by atoms with Gasteiger partial charge in [0, 0.05) is 17.5 Å². The lowest BCUT2D eigenvalue weighted by Gasteiger charge is -2.28. The molecule has 1 atom stereocenters. The molecule has 3 aromatic rings. The molecule has 1 unspecified atom stereocenters. The van der Waals surface area contributed by atoms with Crippen LogP contribution in [0.4, 0.5) is 0 Å². The summed E-state index contributed by atoms with van der Waals surface area (Å²) in [7, 11) is 0. The topological polar surface area (TPSA) is 54.5 Å². The van der Waals surface area contributed by atoms with E-state index in [2.05, 4.69) is 39.5 Å². The summed E-state index contributed by atoms with van der Waals surface area (Å²) in [5, 5.41) is 5.08. The van der Waals surface area contributed by atoms with Crippen molar-refractivity contribution in [2.24, 2.45) is 0 Å². The van der Waals surface area contributed by atoms with Crippen LogP contribution in [0, 0.1) is 0 Å². The number of benzene rings is 2. The summed E-state index contributed by atoms with van der Waals surface area (Å²) in [5.41, 5.74) is 4.52. The minimum Gasteiger partial charge on any atom is -0.487 e. The first-order valence-electron chi connectivity index (χ1n) is 9.97. The van der Waals surface area contributed by atoms with Crippen molar-refractivity contribution in [1.82, 2.24) is 15.2 Å². The SMILES string of the molecule is O=C(NCC(c1ccccc1)N1CCCC1)c1cccc(OCc2cscn2)c1. The number of nitrogens with zero attached hydrogens (tertiary/aromatic N) is 2. The number of likely N-dealkylation sites (tertiary alicyclic amines) is 1. The highest BCUT2D eigenvalue weighted by molar-refractivity contribution is 7.07. The van der Waals surface area contributed by atoms with E-state index < -0.39 is 0 Å². The molecule has 0 spiro atoms. The molecule has 0 aliphatic carbocycles. The molecule has 6 heteroatoms. The first kappa shape index (κ1) is 19.6. The Morgan fingerprint density at radius 1 is 1.14 bits per heavy atom. The van der Waals surface area contributed by atoms with Crippen LogP contribution < -0.4 is 10.1 Å². The quantitative estimate of drug-likeness (QED) is 0.605. The molecule has 1 aliphatic heterocycles. The van der Waals surface area contributed by atoms with Gasteiger partial charge in [-0.1, -0.05) is 36.4 Å². The summed E-state index contributed by atoms with van der Waals surface area (Å²) in [6.45, 7) is 3.15. The molecule has 2 heterocycles. The molecular weight excluding hydrogens is 382 g/mol. The van der Waals surface area contributed by atoms with Crippen molar-refractivity contribution in [2.75, 3.05) is 19.6 Å². The van der Waals surface area contributed by atoms with Crippen LogP contribution in [0.25, 0.3) is 0 Å². The van der Waals surface area contributed by atoms with Gasteiger partial charge in [0.15, 0.2) is 0 Å². The van der Waals surface area contributed by atoms with Crippen LogP contribution in [0.5, 0.6) is 5.75 Å². The number of amides is 1. The highest BCUT2D eigenvalue weighted by Gasteiger charge is 2.24. The van der Waals surface area contributed by atoms with E-state index in [1.54, 1.807) is 22.9 Å². The van der Waals surface area contributed by atoms with Crippen LogP contribution in [0.3, 0.4) is 0 Å². The highest BCUT2D eigenvalue weighted by atomic mass is 32.1. The average molecular weight is 408 g/mol. The zero-order valence-electron chi connectivity index (χ0n) is 16.3. The molecule has 1 fully saturated rings. The van der Waals surface area contributed by atoms with Gasteiger partial charge in [-0.3, -0.25) is 9.69 Å². The molecular formula is C23H25N3O2S. The molecule has 1 aliphatic rings. The third-order valence-electron chi connectivity index (χ3n) is 5.19. The number of aromatic nitrogens is 1. The van der Waals surface area contributed by atoms with E-state index >= 15 is 0 Å². The van der Waals surface area contributed by atoms with Crippen molar-refractivity contribution in [3.05, 3.63) is 82.3 Å². The highest BCUT2D eigenvalue weighted by Crippen LogP contribution is 2.24. The lowest BCUT2D eigenvalue weighted by molar-refractivity contribution is 0.0937. The number of carbonyl (C=O) groups is 1. The first-order valence-corrected chi connectivity index (χ1v) is 10.9. The second-order valence-corrected chi connectivity index (χ2v) is 7.89. The summed E-state index contributed by atoms with van der Waals surface area (Å²) in [4.78, 5) is 19.5. The minimum absolute atomic E-state index is 0.0794. The molecule has 1 saturated heterocycles. The van der Waals surface area contributed by atoms with E-state index in [0.29, 0.717) is 24.5 Å². The zero-order valence-corrected chi connectivity index (χ0v) is 17.1. The third kappa shape index (κ3) is 5.22. The largest absolute Gasteiger partial charge is 0.487 e. The number of nitrogens with one attached hydrogen (secondary N) is 1. The third-order valence-corrected chi connectivity index (χ3v) is 5.82. The molecule has 29 heavy (non-hydrogen) atoms. The Balaban J connectivity index is 1.39. The van der Waals surface area contributed by atoms with E-state index in [0.717, 1.165) is 18.8 Å². The van der Waals surface area contributed by atoms with Gasteiger partial charge in [-0.25, -0.2) is 4.98 Å². The Hall–Kier alpha value is -2.70. The number of rotatable bonds is 8. The summed E-state index contributed by atoms with van der Waals surface area (Å²) < 4.78 is 5.77. The van der Waals surface area contributed by atoms with Crippen LogP contribution in [0.2, 0.25) is 0 Å². The lowest BCUT2D eigenvalue weighted by atomic mass is 10.1. The molecule has 4 rings (SSSR count). The number of ether oxygens (including phenoxy) is 1. The lowest BCUT2D eigenvalue weighted by Crippen LogP contribution is -2.36. The molecule has 0 bridgehead atoms. The second kappa shape index (κ2) is 9.67. The summed E-state index contributed by atoms with van der Waals surface area (Å²) in [6.07, 6.45) is 2.44. The van der Waals surface area contributed by atoms with Crippen molar-refractivity contribution in [3.63, 3.8) is 0 Å². The van der Waals surface area contributed by atoms with Crippen LogP contribution in [-0.4, -0.2) is 35.4 Å². The van der Waals surface area contributed by atoms with Gasteiger partial charge in [0.1, 0.15) is 12.4 Å². The predicted octanol–water partition coefficient (Wildman–Crippen LogP) is 4.29. The Kier molecular flexibility index (Phi) is 6.54. The fourth-order valence-corrected chi connectivity index (χ4v) is 4.21. The van der Waals surface area contributed by atoms with Crippen LogP contribution >= 0.6 is 11.3 Å². The molecule has 1 amide bonds. The first-order chi connectivity index (χ1) is 14.3. The fourth-order valence-electron chi connectivity index (χ4n) is 3.67. The number of carbonyl (C=O) groups excluding carboxylic acids is 1. The van der Waals surface area contributed by atoms with Gasteiger partial charge in [0.25, 0.3) is 5.91 Å². The number of thiazole rings is 1. The van der Waals surface area contributed by atoms with Gasteiger partial charge in [0.05, 0.1) is 17.2 Å². The smallest absolute Gasteiger partial charge is 0.251 e. The zero-order chi connectivity index (χ0) is 19.9. The average Bonchev–Trinajstić information content (AvgIpc) is 3.48. The van der Waals surface area contributed by atoms with Gasteiger partial charge >= 0.3 is 0 Å². The van der Waals surface area contributed by atoms with Crippen molar-refractivity contribution < 1.29 is 9.53 Å². The van der Waals surface area contributed by atoms with Crippen molar-refractivity contribution in [1.29, 1.82) is 0 Å². The van der Waals surface area contributed by atoms with E-state index in [1.807, 2.05) is 29.6 Å². The predicted molar refractivity (Wildman–Crippen MR) is 115 cm³/mol. The Bertz CT molecular complexity index is 909. The number of hydrogen-bond donors (Lipinski definition) is 1. The van der Waals surface area contributed by atoms with Crippen molar-refractivity contribution in [3.8, 4) is 5.75 Å². The van der Waals surface area contributed by atoms with Crippen molar-refractivity contribution in [2.45, 2.75) is 25.5 Å². The van der Waals surface area contributed by atoms with Gasteiger partial charge in [0.2, 0.25) is 0 Å². The van der Waals surface area contributed by atoms with E-state index in [4.69, 9.17) is 4.74 Å². The van der Waals surface area contributed by atoms with Crippen LogP contribution in [0.15, 0.2) is 65.5 Å². The summed E-state index contributed by atoms with van der Waals surface area (Å²) in [6, 6.07) is 17.9. The molecule has 5 nitrogen and oxygen atoms in total. The van der Waals surface area contributed by atoms with E-state index in [-0.39, 0.29) is 11.9 Å². The molecule has 0 radical (unpaired) electrons. The monoisotopic (exact) mass is 407 g/mol. The molecule has 150 valence electrons. The van der Waals surface area contributed by atoms with Crippen LogP contribution in [0.1, 0.15) is 40.5 Å². The fraction of sp³-hybridized carbons (Fsp3) is 0.304. The maximum Gasteiger partial charge on any atom is 0.251 e. The number of hydrogen-bond acceptors (Lipinski definition) is 5. The Morgan fingerprint density at radius 3 is 2.72 bits per heavy atom. The summed E-state index contributed by atoms with van der Waals surface area (Å²) >= 11 is 1.54. The van der Waals surface area contributed by atoms with Crippen LogP contribution in [-0.2, 0) is 6.61 Å². The molecule has 1 N–H and O–H groups in total. The minimum atomic E-state index is -0.0794. The standard InChI is InChI=1S/C23H25N3O2S/c27-23(19-9-6-10-21(13-19)28-15-20-16-29-17-25-20)24-14-22(26-11-4-5-12-26)18-7-2-1-3-8-18/h1-3,6-10,13,16-17,22H,4-5,11-12,14-15H2,(H,24,27). The van der Waals surface area contributed by atoms with Gasteiger partial charge in [-0.05, 0) is 49.7 Å². The van der Waals surface area contributed by atoms with Gasteiger partial charge < -0.3 is 10.1 Å². The maximum absolute atomic E-state index is 12.8. The van der Waals surface area contributed by atoms with E-state index in [9.17, 15) is 4.79 Å². The Morgan fingerprint density at radius 2 is 1.97 bits per heavy atom. The normalized spacial score (nSPS) is 15.2. The molecule has 1 aromatic heterocycles. The Labute approximate surface area is 175 Å². The van der Waals surface area contributed by atoms with Gasteiger partial charge in [-0.2, -0.15) is 0 Å². The second-order valence-electron chi connectivity index (χ2n) is 7.18. The van der Waals surface area contributed by atoms with Crippen molar-refractivity contribution >= 4 is 17.2 Å². The molecule has 0 saturated carbocycles. The summed E-state index contributed by atoms with van der Waals surface area (Å²) in [5.74, 6) is 0.592. The van der Waals surface area contributed by atoms with Gasteiger partial charge in [-0.15, -0.1) is 11.3 Å². The van der Waals surface area contributed by atoms with E-state index in [1.165, 1.54) is 18.4 Å². The maximum atomic E-state index is 12.8. The molecule has 2 aromatic carbocycles.